The van der Waals surface area contributed by atoms with Crippen molar-refractivity contribution >= 4 is 6.09 Å². The second kappa shape index (κ2) is 6.39. The van der Waals surface area contributed by atoms with Crippen molar-refractivity contribution < 1.29 is 9.53 Å². The number of nitrogens with zero attached hydrogens (tertiary/aromatic N) is 3. The number of rotatable bonds is 3. The fourth-order valence-electron chi connectivity index (χ4n) is 2.36. The molecule has 0 saturated carbocycles. The summed E-state index contributed by atoms with van der Waals surface area (Å²) >= 11 is 0. The second-order valence-corrected chi connectivity index (χ2v) is 6.43. The van der Waals surface area contributed by atoms with Gasteiger partial charge in [-0.05, 0) is 34.1 Å². The van der Waals surface area contributed by atoms with Crippen LogP contribution in [-0.2, 0) is 4.74 Å². The second-order valence-electron chi connectivity index (χ2n) is 6.43. The van der Waals surface area contributed by atoms with Gasteiger partial charge in [0.05, 0.1) is 5.69 Å². The van der Waals surface area contributed by atoms with Crippen molar-refractivity contribution in [3.63, 3.8) is 0 Å². The molecule has 2 atom stereocenters. The van der Waals surface area contributed by atoms with Crippen LogP contribution in [-0.4, -0.2) is 45.7 Å². The van der Waals surface area contributed by atoms with E-state index in [1.165, 1.54) is 0 Å². The molecule has 0 spiro atoms. The zero-order chi connectivity index (χ0) is 15.5. The van der Waals surface area contributed by atoms with Gasteiger partial charge in [0.15, 0.2) is 0 Å². The highest BCUT2D eigenvalue weighted by Crippen LogP contribution is 2.17. The van der Waals surface area contributed by atoms with E-state index in [0.29, 0.717) is 6.54 Å². The molecule has 1 aromatic heterocycles. The molecule has 1 aliphatic heterocycles. The summed E-state index contributed by atoms with van der Waals surface area (Å²) in [6.45, 7) is 9.09. The Balaban J connectivity index is 1.84. The number of ether oxygens (including phenoxy) is 1. The Bertz CT molecular complexity index is 472. The molecule has 2 rings (SSSR count). The van der Waals surface area contributed by atoms with E-state index in [0.717, 1.165) is 18.7 Å². The quantitative estimate of drug-likeness (QED) is 0.924. The molecule has 0 aromatic carbocycles. The number of nitrogens with one attached hydrogen (secondary N) is 1. The van der Waals surface area contributed by atoms with E-state index in [2.05, 4.69) is 22.2 Å². The van der Waals surface area contributed by atoms with E-state index in [1.807, 2.05) is 20.8 Å². The molecule has 1 aromatic rings. The van der Waals surface area contributed by atoms with Crippen LogP contribution in [0.5, 0.6) is 0 Å². The van der Waals surface area contributed by atoms with Crippen molar-refractivity contribution in [1.29, 1.82) is 0 Å². The van der Waals surface area contributed by atoms with E-state index < -0.39 is 5.60 Å². The summed E-state index contributed by atoms with van der Waals surface area (Å²) in [6, 6.07) is 0.372. The Morgan fingerprint density at radius 2 is 2.24 bits per heavy atom. The molecule has 0 aliphatic carbocycles. The minimum Gasteiger partial charge on any atom is -0.444 e. The smallest absolute Gasteiger partial charge is 0.410 e. The van der Waals surface area contributed by atoms with Crippen LogP contribution in [0.25, 0.3) is 0 Å². The average Bonchev–Trinajstić information content (AvgIpc) is 2.86. The molecule has 0 unspecified atom stereocenters. The first-order valence-corrected chi connectivity index (χ1v) is 7.35. The first kappa shape index (κ1) is 15.7. The van der Waals surface area contributed by atoms with Crippen LogP contribution in [0.1, 0.15) is 45.9 Å². The van der Waals surface area contributed by atoms with Crippen LogP contribution in [0.3, 0.4) is 0 Å². The molecule has 2 heterocycles. The standard InChI is InChI=1S/C15H24N4O2/c1-11(13-9-16-6-7-17-13)18-12-5-8-19(10-12)14(20)21-15(2,3)4/h6-7,9,11-12,18H,5,8,10H2,1-4H3/t11-,12+/m1/s1. The van der Waals surface area contributed by atoms with E-state index in [1.54, 1.807) is 23.5 Å². The van der Waals surface area contributed by atoms with Crippen molar-refractivity contribution in [2.75, 3.05) is 13.1 Å². The van der Waals surface area contributed by atoms with Crippen LogP contribution in [0.2, 0.25) is 0 Å². The van der Waals surface area contributed by atoms with Crippen LogP contribution in [0.15, 0.2) is 18.6 Å². The van der Waals surface area contributed by atoms with Crippen molar-refractivity contribution in [2.45, 2.75) is 51.8 Å². The van der Waals surface area contributed by atoms with E-state index in [-0.39, 0.29) is 18.2 Å². The molecule has 0 bridgehead atoms. The number of hydrogen-bond acceptors (Lipinski definition) is 5. The highest BCUT2D eigenvalue weighted by molar-refractivity contribution is 5.68. The molecule has 21 heavy (non-hydrogen) atoms. The SMILES string of the molecule is C[C@@H](N[C@H]1CCN(C(=O)OC(C)(C)C)C1)c1cnccn1. The summed E-state index contributed by atoms with van der Waals surface area (Å²) in [5.74, 6) is 0. The molecular weight excluding hydrogens is 268 g/mol. The van der Waals surface area contributed by atoms with Gasteiger partial charge in [-0.1, -0.05) is 0 Å². The largest absolute Gasteiger partial charge is 0.444 e. The Hall–Kier alpha value is -1.69. The number of aromatic nitrogens is 2. The van der Waals surface area contributed by atoms with Gasteiger partial charge in [-0.3, -0.25) is 9.97 Å². The maximum absolute atomic E-state index is 12.0. The molecule has 1 fully saturated rings. The van der Waals surface area contributed by atoms with Gasteiger partial charge in [-0.25, -0.2) is 4.79 Å². The van der Waals surface area contributed by atoms with Crippen molar-refractivity contribution in [2.24, 2.45) is 0 Å². The Kier molecular flexibility index (Phi) is 4.77. The first-order chi connectivity index (χ1) is 9.85. The summed E-state index contributed by atoms with van der Waals surface area (Å²) in [5.41, 5.74) is 0.461. The molecule has 0 radical (unpaired) electrons. The van der Waals surface area contributed by atoms with E-state index in [9.17, 15) is 4.79 Å². The summed E-state index contributed by atoms with van der Waals surface area (Å²) < 4.78 is 5.40. The minimum atomic E-state index is -0.449. The lowest BCUT2D eigenvalue weighted by molar-refractivity contribution is 0.0290. The zero-order valence-electron chi connectivity index (χ0n) is 13.2. The number of likely N-dealkylation sites (tertiary alicyclic amines) is 1. The maximum Gasteiger partial charge on any atom is 0.410 e. The number of carbonyl (C=O) groups is 1. The van der Waals surface area contributed by atoms with E-state index >= 15 is 0 Å². The first-order valence-electron chi connectivity index (χ1n) is 7.35. The molecule has 6 heteroatoms. The zero-order valence-corrected chi connectivity index (χ0v) is 13.2. The summed E-state index contributed by atoms with van der Waals surface area (Å²) in [6.07, 6.45) is 5.80. The lowest BCUT2D eigenvalue weighted by Crippen LogP contribution is -2.39. The topological polar surface area (TPSA) is 67.4 Å². The third-order valence-corrected chi connectivity index (χ3v) is 3.35. The van der Waals surface area contributed by atoms with Gasteiger partial charge in [-0.15, -0.1) is 0 Å². The lowest BCUT2D eigenvalue weighted by atomic mass is 10.2. The minimum absolute atomic E-state index is 0.113. The fraction of sp³-hybridized carbons (Fsp3) is 0.667. The number of carbonyl (C=O) groups excluding carboxylic acids is 1. The third-order valence-electron chi connectivity index (χ3n) is 3.35. The summed E-state index contributed by atoms with van der Waals surface area (Å²) in [7, 11) is 0. The Labute approximate surface area is 125 Å². The van der Waals surface area contributed by atoms with Crippen LogP contribution < -0.4 is 5.32 Å². The fourth-order valence-corrected chi connectivity index (χ4v) is 2.36. The summed E-state index contributed by atoms with van der Waals surface area (Å²) in [4.78, 5) is 22.1. The highest BCUT2D eigenvalue weighted by Gasteiger charge is 2.30. The number of amides is 1. The average molecular weight is 292 g/mol. The number of hydrogen-bond donors (Lipinski definition) is 1. The van der Waals surface area contributed by atoms with Gasteiger partial charge in [0.25, 0.3) is 0 Å². The van der Waals surface area contributed by atoms with Gasteiger partial charge < -0.3 is 15.0 Å². The van der Waals surface area contributed by atoms with Gasteiger partial charge in [0.2, 0.25) is 0 Å². The van der Waals surface area contributed by atoms with Crippen LogP contribution in [0, 0.1) is 0 Å². The Morgan fingerprint density at radius 3 is 2.86 bits per heavy atom. The molecule has 116 valence electrons. The van der Waals surface area contributed by atoms with Gasteiger partial charge in [0.1, 0.15) is 5.60 Å². The molecule has 1 amide bonds. The molecular formula is C15H24N4O2. The maximum atomic E-state index is 12.0. The molecule has 6 nitrogen and oxygen atoms in total. The van der Waals surface area contributed by atoms with Crippen molar-refractivity contribution in [3.8, 4) is 0 Å². The van der Waals surface area contributed by atoms with E-state index in [4.69, 9.17) is 4.74 Å². The van der Waals surface area contributed by atoms with Crippen molar-refractivity contribution in [1.82, 2.24) is 20.2 Å². The predicted molar refractivity (Wildman–Crippen MR) is 79.8 cm³/mol. The molecule has 1 N–H and O–H groups in total. The third kappa shape index (κ3) is 4.67. The van der Waals surface area contributed by atoms with Gasteiger partial charge in [0, 0.05) is 43.8 Å². The highest BCUT2D eigenvalue weighted by atomic mass is 16.6. The van der Waals surface area contributed by atoms with Crippen LogP contribution >= 0.6 is 0 Å². The Morgan fingerprint density at radius 1 is 1.48 bits per heavy atom. The van der Waals surface area contributed by atoms with Crippen LogP contribution in [0.4, 0.5) is 4.79 Å². The predicted octanol–water partition coefficient (Wildman–Crippen LogP) is 2.14. The molecule has 1 saturated heterocycles. The monoisotopic (exact) mass is 292 g/mol. The normalized spacial score (nSPS) is 20.4. The lowest BCUT2D eigenvalue weighted by Gasteiger charge is -2.25. The summed E-state index contributed by atoms with van der Waals surface area (Å²) in [5, 5.41) is 3.49. The molecule has 1 aliphatic rings. The van der Waals surface area contributed by atoms with Gasteiger partial charge >= 0.3 is 6.09 Å². The van der Waals surface area contributed by atoms with Gasteiger partial charge in [-0.2, -0.15) is 0 Å². The van der Waals surface area contributed by atoms with Crippen molar-refractivity contribution in [3.05, 3.63) is 24.3 Å².